The molecule has 0 unspecified atom stereocenters. The summed E-state index contributed by atoms with van der Waals surface area (Å²) in [6.07, 6.45) is 0.782. The Morgan fingerprint density at radius 3 is 2.58 bits per heavy atom. The largest absolute Gasteiger partial charge is 0.497 e. The molecule has 3 rings (SSSR count). The summed E-state index contributed by atoms with van der Waals surface area (Å²) >= 11 is 1.55. The van der Waals surface area contributed by atoms with Gasteiger partial charge in [0.05, 0.1) is 24.1 Å². The summed E-state index contributed by atoms with van der Waals surface area (Å²) in [7, 11) is 3.30. The summed E-state index contributed by atoms with van der Waals surface area (Å²) in [4.78, 5) is 17.6. The second-order valence-electron chi connectivity index (χ2n) is 8.23. The fourth-order valence-electron chi connectivity index (χ4n) is 3.51. The van der Waals surface area contributed by atoms with Gasteiger partial charge in [-0.3, -0.25) is 4.79 Å². The van der Waals surface area contributed by atoms with Gasteiger partial charge in [0.2, 0.25) is 0 Å². The molecule has 0 aliphatic rings. The van der Waals surface area contributed by atoms with E-state index in [4.69, 9.17) is 19.2 Å². The highest BCUT2D eigenvalue weighted by Gasteiger charge is 2.20. The van der Waals surface area contributed by atoms with E-state index in [9.17, 15) is 4.79 Å². The Hall–Kier alpha value is -2.84. The van der Waals surface area contributed by atoms with E-state index in [0.717, 1.165) is 46.6 Å². The first-order valence-corrected chi connectivity index (χ1v) is 12.0. The van der Waals surface area contributed by atoms with Gasteiger partial charge in [0.25, 0.3) is 5.91 Å². The number of thiazole rings is 1. The highest BCUT2D eigenvalue weighted by molar-refractivity contribution is 7.09. The number of nitrogens with one attached hydrogen (secondary N) is 1. The van der Waals surface area contributed by atoms with Crippen LogP contribution in [0.4, 0.5) is 0 Å². The van der Waals surface area contributed by atoms with E-state index in [1.807, 2.05) is 42.6 Å². The van der Waals surface area contributed by atoms with Crippen LogP contribution in [0, 0.1) is 12.8 Å². The molecule has 0 spiro atoms. The van der Waals surface area contributed by atoms with E-state index in [0.29, 0.717) is 31.2 Å². The Morgan fingerprint density at radius 2 is 1.91 bits per heavy atom. The number of benzene rings is 1. The van der Waals surface area contributed by atoms with Crippen molar-refractivity contribution >= 4 is 17.2 Å². The second kappa shape index (κ2) is 11.9. The number of rotatable bonds is 12. The zero-order valence-electron chi connectivity index (χ0n) is 20.0. The van der Waals surface area contributed by atoms with Gasteiger partial charge in [-0.25, -0.2) is 4.98 Å². The number of hydrogen-bond acceptors (Lipinski definition) is 6. The minimum atomic E-state index is -0.0642. The van der Waals surface area contributed by atoms with Crippen molar-refractivity contribution in [2.75, 3.05) is 27.4 Å². The monoisotopic (exact) mass is 471 g/mol. The van der Waals surface area contributed by atoms with Crippen molar-refractivity contribution in [3.63, 3.8) is 0 Å². The average Bonchev–Trinajstić information content (AvgIpc) is 3.40. The maximum atomic E-state index is 12.8. The molecule has 0 radical (unpaired) electrons. The van der Waals surface area contributed by atoms with Crippen molar-refractivity contribution in [2.24, 2.45) is 5.92 Å². The molecule has 0 aliphatic heterocycles. The number of ether oxygens (including phenoxy) is 3. The molecule has 33 heavy (non-hydrogen) atoms. The Morgan fingerprint density at radius 1 is 1.18 bits per heavy atom. The van der Waals surface area contributed by atoms with E-state index < -0.39 is 0 Å². The minimum Gasteiger partial charge on any atom is -0.497 e. The summed E-state index contributed by atoms with van der Waals surface area (Å²) in [6.45, 7) is 8.74. The van der Waals surface area contributed by atoms with Crippen LogP contribution < -0.4 is 14.8 Å². The van der Waals surface area contributed by atoms with Gasteiger partial charge in [-0.1, -0.05) is 13.8 Å². The Bertz CT molecular complexity index is 1040. The van der Waals surface area contributed by atoms with Crippen LogP contribution in [0.15, 0.2) is 35.7 Å². The maximum absolute atomic E-state index is 12.8. The summed E-state index contributed by atoms with van der Waals surface area (Å²) < 4.78 is 18.3. The molecule has 0 saturated carbocycles. The molecular formula is C25H33N3O4S. The quantitative estimate of drug-likeness (QED) is 0.379. The lowest BCUT2D eigenvalue weighted by Crippen LogP contribution is -2.25. The van der Waals surface area contributed by atoms with Crippen LogP contribution in [0.25, 0.3) is 11.4 Å². The molecule has 178 valence electrons. The van der Waals surface area contributed by atoms with Gasteiger partial charge in [0, 0.05) is 37.9 Å². The Balaban J connectivity index is 1.76. The molecule has 2 aromatic heterocycles. The van der Waals surface area contributed by atoms with Crippen molar-refractivity contribution < 1.29 is 19.0 Å². The zero-order valence-corrected chi connectivity index (χ0v) is 20.8. The van der Waals surface area contributed by atoms with E-state index in [1.165, 1.54) is 0 Å². The van der Waals surface area contributed by atoms with Crippen molar-refractivity contribution in [3.8, 4) is 22.9 Å². The predicted molar refractivity (Wildman–Crippen MR) is 131 cm³/mol. The predicted octanol–water partition coefficient (Wildman–Crippen LogP) is 4.93. The van der Waals surface area contributed by atoms with Gasteiger partial charge >= 0.3 is 0 Å². The van der Waals surface area contributed by atoms with Crippen LogP contribution in [0.2, 0.25) is 0 Å². The third-order valence-corrected chi connectivity index (χ3v) is 6.03. The van der Waals surface area contributed by atoms with Gasteiger partial charge in [0.15, 0.2) is 0 Å². The van der Waals surface area contributed by atoms with Gasteiger partial charge < -0.3 is 24.1 Å². The fourth-order valence-corrected chi connectivity index (χ4v) is 4.21. The topological polar surface area (TPSA) is 74.6 Å². The first-order chi connectivity index (χ1) is 15.9. The van der Waals surface area contributed by atoms with Gasteiger partial charge in [-0.2, -0.15) is 0 Å². The normalized spacial score (nSPS) is 11.1. The lowest BCUT2D eigenvalue weighted by molar-refractivity contribution is 0.0948. The summed E-state index contributed by atoms with van der Waals surface area (Å²) in [5.74, 6) is 1.92. The van der Waals surface area contributed by atoms with Crippen LogP contribution >= 0.6 is 11.3 Å². The van der Waals surface area contributed by atoms with Crippen molar-refractivity contribution in [1.29, 1.82) is 0 Å². The first kappa shape index (κ1) is 24.8. The Labute approximate surface area is 199 Å². The molecule has 8 heteroatoms. The molecule has 7 nitrogen and oxygen atoms in total. The maximum Gasteiger partial charge on any atom is 0.253 e. The van der Waals surface area contributed by atoms with Crippen LogP contribution in [0.1, 0.15) is 41.3 Å². The summed E-state index contributed by atoms with van der Waals surface area (Å²) in [5, 5.41) is 5.90. The fraction of sp³-hybridized carbons (Fsp3) is 0.440. The number of aromatic nitrogens is 2. The standard InChI is InChI=1S/C25H33N3O4S/c1-17(2)14-28-18(3)21(25(29)26-11-6-12-30-4)13-23(28)22-16-33-24(27-22)15-32-20-9-7-19(31-5)8-10-20/h7-10,13,16-17H,6,11-12,14-15H2,1-5H3,(H,26,29). The van der Waals surface area contributed by atoms with Crippen molar-refractivity contribution in [2.45, 2.75) is 40.3 Å². The SMILES string of the molecule is COCCCNC(=O)c1cc(-c2csc(COc3ccc(OC)cc3)n2)n(CC(C)C)c1C. The van der Waals surface area contributed by atoms with E-state index in [1.54, 1.807) is 25.6 Å². The van der Waals surface area contributed by atoms with E-state index in [-0.39, 0.29) is 5.91 Å². The Kier molecular flexibility index (Phi) is 8.91. The van der Waals surface area contributed by atoms with Crippen LogP contribution in [-0.2, 0) is 17.9 Å². The van der Waals surface area contributed by atoms with E-state index in [2.05, 4.69) is 23.7 Å². The lowest BCUT2D eigenvalue weighted by Gasteiger charge is -2.13. The minimum absolute atomic E-state index is 0.0642. The van der Waals surface area contributed by atoms with Crippen LogP contribution in [0.3, 0.4) is 0 Å². The van der Waals surface area contributed by atoms with E-state index >= 15 is 0 Å². The smallest absolute Gasteiger partial charge is 0.253 e. The molecule has 2 heterocycles. The molecule has 3 aromatic rings. The summed E-state index contributed by atoms with van der Waals surface area (Å²) in [6, 6.07) is 9.44. The number of amides is 1. The highest BCUT2D eigenvalue weighted by Crippen LogP contribution is 2.29. The molecular weight excluding hydrogens is 438 g/mol. The molecule has 1 amide bonds. The third kappa shape index (κ3) is 6.58. The third-order valence-electron chi connectivity index (χ3n) is 5.21. The zero-order chi connectivity index (χ0) is 23.8. The summed E-state index contributed by atoms with van der Waals surface area (Å²) in [5.41, 5.74) is 3.45. The number of carbonyl (C=O) groups is 1. The van der Waals surface area contributed by atoms with Gasteiger partial charge in [0.1, 0.15) is 23.1 Å². The molecule has 0 aliphatic carbocycles. The first-order valence-electron chi connectivity index (χ1n) is 11.1. The number of carbonyl (C=O) groups excluding carboxylic acids is 1. The van der Waals surface area contributed by atoms with Crippen LogP contribution in [0.5, 0.6) is 11.5 Å². The molecule has 0 fully saturated rings. The van der Waals surface area contributed by atoms with Crippen LogP contribution in [-0.4, -0.2) is 42.8 Å². The highest BCUT2D eigenvalue weighted by atomic mass is 32.1. The molecule has 0 atom stereocenters. The number of hydrogen-bond donors (Lipinski definition) is 1. The lowest BCUT2D eigenvalue weighted by atomic mass is 10.2. The average molecular weight is 472 g/mol. The van der Waals surface area contributed by atoms with Crippen molar-refractivity contribution in [1.82, 2.24) is 14.9 Å². The molecule has 0 saturated heterocycles. The molecule has 1 aromatic carbocycles. The molecule has 0 bridgehead atoms. The second-order valence-corrected chi connectivity index (χ2v) is 9.17. The number of methoxy groups -OCH3 is 2. The number of nitrogens with zero attached hydrogens (tertiary/aromatic N) is 2. The molecule has 1 N–H and O–H groups in total. The van der Waals surface area contributed by atoms with Gasteiger partial charge in [-0.05, 0) is 49.6 Å². The van der Waals surface area contributed by atoms with Gasteiger partial charge in [-0.15, -0.1) is 11.3 Å². The van der Waals surface area contributed by atoms with Crippen molar-refractivity contribution in [3.05, 3.63) is 52.0 Å².